The number of ether oxygens (including phenoxy) is 2. The van der Waals surface area contributed by atoms with Crippen LogP contribution in [-0.4, -0.2) is 108 Å². The highest BCUT2D eigenvalue weighted by atomic mass is 19.3. The van der Waals surface area contributed by atoms with Gasteiger partial charge in [-0.1, -0.05) is 6.58 Å². The van der Waals surface area contributed by atoms with E-state index in [1.54, 1.807) is 7.11 Å². The first kappa shape index (κ1) is 29.6. The number of pyridine rings is 1. The molecule has 1 spiro atoms. The number of carbonyl (C=O) groups is 1. The van der Waals surface area contributed by atoms with Crippen molar-refractivity contribution < 1.29 is 23.0 Å². The monoisotopic (exact) mass is 611 g/mol. The second-order valence-corrected chi connectivity index (χ2v) is 12.9. The Morgan fingerprint density at radius 2 is 1.95 bits per heavy atom. The molecule has 0 saturated carbocycles. The molecule has 12 heteroatoms. The topological polar surface area (TPSA) is 79.2 Å². The van der Waals surface area contributed by atoms with E-state index in [4.69, 9.17) is 9.47 Å². The molecule has 0 aromatic carbocycles. The predicted octanol–water partition coefficient (Wildman–Crippen LogP) is 3.29. The number of halogens is 2. The lowest BCUT2D eigenvalue weighted by Gasteiger charge is -2.55. The van der Waals surface area contributed by atoms with Crippen molar-refractivity contribution in [2.24, 2.45) is 0 Å². The number of aromatic nitrogens is 3. The van der Waals surface area contributed by atoms with Gasteiger partial charge < -0.3 is 24.2 Å². The van der Waals surface area contributed by atoms with Crippen molar-refractivity contribution in [3.8, 4) is 0 Å². The van der Waals surface area contributed by atoms with Gasteiger partial charge in [-0.3, -0.25) is 14.4 Å². The van der Waals surface area contributed by atoms with E-state index in [0.29, 0.717) is 63.2 Å². The molecule has 3 fully saturated rings. The second-order valence-electron chi connectivity index (χ2n) is 12.9. The van der Waals surface area contributed by atoms with Crippen molar-refractivity contribution in [2.45, 2.75) is 75.8 Å². The predicted molar refractivity (Wildman–Crippen MR) is 162 cm³/mol. The van der Waals surface area contributed by atoms with E-state index in [2.05, 4.69) is 49.0 Å². The summed E-state index contributed by atoms with van der Waals surface area (Å²) in [4.78, 5) is 25.5. The molecule has 0 N–H and O–H groups in total. The van der Waals surface area contributed by atoms with Crippen LogP contribution in [0.1, 0.15) is 54.6 Å². The van der Waals surface area contributed by atoms with Crippen molar-refractivity contribution in [1.82, 2.24) is 24.6 Å². The fourth-order valence-electron chi connectivity index (χ4n) is 8.36. The Bertz CT molecular complexity index is 1400. The van der Waals surface area contributed by atoms with Gasteiger partial charge in [0.2, 0.25) is 5.91 Å². The van der Waals surface area contributed by atoms with E-state index < -0.39 is 12.0 Å². The first-order valence-corrected chi connectivity index (χ1v) is 16.0. The maximum atomic E-state index is 14.6. The van der Waals surface area contributed by atoms with Crippen LogP contribution in [0.25, 0.3) is 0 Å². The summed E-state index contributed by atoms with van der Waals surface area (Å²) in [5, 5.41) is 4.62. The van der Waals surface area contributed by atoms with Gasteiger partial charge in [0.25, 0.3) is 6.43 Å². The average Bonchev–Trinajstić information content (AvgIpc) is 3.33. The third kappa shape index (κ3) is 4.99. The maximum Gasteiger partial charge on any atom is 0.280 e. The molecule has 0 aliphatic carbocycles. The van der Waals surface area contributed by atoms with E-state index in [0.717, 1.165) is 62.3 Å². The lowest BCUT2D eigenvalue weighted by atomic mass is 9.84. The van der Waals surface area contributed by atoms with Crippen LogP contribution in [0.4, 0.5) is 20.3 Å². The van der Waals surface area contributed by atoms with Crippen molar-refractivity contribution in [3.05, 3.63) is 47.4 Å². The zero-order chi connectivity index (χ0) is 30.6. The van der Waals surface area contributed by atoms with E-state index in [1.807, 2.05) is 11.1 Å². The number of anilines is 2. The van der Waals surface area contributed by atoms with Crippen molar-refractivity contribution in [2.75, 3.05) is 69.3 Å². The number of piperidine rings is 1. The third-order valence-corrected chi connectivity index (χ3v) is 10.5. The van der Waals surface area contributed by atoms with Crippen LogP contribution >= 0.6 is 0 Å². The molecular formula is C32H43F2N7O3. The van der Waals surface area contributed by atoms with Crippen molar-refractivity contribution in [1.29, 1.82) is 0 Å². The summed E-state index contributed by atoms with van der Waals surface area (Å²) in [5.74, 6) is 0.612. The van der Waals surface area contributed by atoms with Gasteiger partial charge in [0.1, 0.15) is 23.2 Å². The van der Waals surface area contributed by atoms with E-state index >= 15 is 0 Å². The fraction of sp³-hybridized carbons (Fsp3) is 0.656. The van der Waals surface area contributed by atoms with Crippen molar-refractivity contribution in [3.63, 3.8) is 0 Å². The standard InChI is InChI=1S/C32H43F2N7O3/c1-4-28(42)39-14-12-37(13-15-39)26-19-40-24(26)7-5-6-23-25(40)16-27(36-29(23)31(33)34)38-10-8-32(9-11-38)30-21(2)17-35-41(30)18-22(44-32)20-43-3/h4,16-17,22,24,26,31H,1,5-15,18-20H2,2-3H3/t22?,24?,26-/m1/s1. The normalized spacial score (nSPS) is 26.6. The number of fused-ring (bicyclic) bond motifs is 5. The number of hydrogen-bond donors (Lipinski definition) is 0. The second kappa shape index (κ2) is 11.7. The summed E-state index contributed by atoms with van der Waals surface area (Å²) < 4.78 is 43.3. The fourth-order valence-corrected chi connectivity index (χ4v) is 8.36. The Labute approximate surface area is 257 Å². The molecule has 0 radical (unpaired) electrons. The summed E-state index contributed by atoms with van der Waals surface area (Å²) in [6, 6.07) is 2.71. The Hall–Kier alpha value is -3.09. The van der Waals surface area contributed by atoms with E-state index in [9.17, 15) is 13.6 Å². The Kier molecular flexibility index (Phi) is 7.86. The highest BCUT2D eigenvalue weighted by molar-refractivity contribution is 5.87. The molecule has 3 atom stereocenters. The molecule has 10 nitrogen and oxygen atoms in total. The van der Waals surface area contributed by atoms with Crippen LogP contribution in [0, 0.1) is 6.92 Å². The molecule has 2 aromatic rings. The Morgan fingerprint density at radius 3 is 2.66 bits per heavy atom. The molecule has 5 aliphatic heterocycles. The minimum Gasteiger partial charge on any atom is -0.382 e. The molecule has 0 bridgehead atoms. The number of hydrogen-bond acceptors (Lipinski definition) is 8. The first-order chi connectivity index (χ1) is 21.3. The lowest BCUT2D eigenvalue weighted by Crippen LogP contribution is -2.69. The molecular weight excluding hydrogens is 568 g/mol. The minimum atomic E-state index is -2.63. The summed E-state index contributed by atoms with van der Waals surface area (Å²) >= 11 is 0. The summed E-state index contributed by atoms with van der Waals surface area (Å²) in [6.45, 7) is 12.0. The number of aryl methyl sites for hydroxylation is 1. The third-order valence-electron chi connectivity index (χ3n) is 10.5. The Balaban J connectivity index is 1.11. The molecule has 7 heterocycles. The molecule has 3 saturated heterocycles. The first-order valence-electron chi connectivity index (χ1n) is 16.0. The molecule has 1 amide bonds. The van der Waals surface area contributed by atoms with E-state index in [1.165, 1.54) is 6.08 Å². The number of methoxy groups -OCH3 is 1. The number of carbonyl (C=O) groups excluding carboxylic acids is 1. The molecule has 5 aliphatic rings. The Morgan fingerprint density at radius 1 is 1.18 bits per heavy atom. The largest absolute Gasteiger partial charge is 0.382 e. The maximum absolute atomic E-state index is 14.6. The van der Waals surface area contributed by atoms with E-state index in [-0.39, 0.29) is 23.7 Å². The number of rotatable bonds is 6. The lowest BCUT2D eigenvalue weighted by molar-refractivity contribution is -0.159. The van der Waals surface area contributed by atoms with Crippen LogP contribution < -0.4 is 9.80 Å². The molecule has 2 unspecified atom stereocenters. The van der Waals surface area contributed by atoms with Gasteiger partial charge in [-0.05, 0) is 50.7 Å². The quantitative estimate of drug-likeness (QED) is 0.461. The van der Waals surface area contributed by atoms with Gasteiger partial charge in [-0.15, -0.1) is 0 Å². The SMILES string of the molecule is C=CC(=O)N1CCN([C@@H]2CN3c4cc(N5CCC6(CC5)OC(COC)Cn5ncc(C)c56)nc(C(F)F)c4CCCC23)CC1. The summed E-state index contributed by atoms with van der Waals surface area (Å²) in [5.41, 5.74) is 3.32. The van der Waals surface area contributed by atoms with Crippen LogP contribution in [-0.2, 0) is 32.8 Å². The van der Waals surface area contributed by atoms with Crippen LogP contribution in [0.5, 0.6) is 0 Å². The number of nitrogens with zero attached hydrogens (tertiary/aromatic N) is 7. The van der Waals surface area contributed by atoms with Crippen LogP contribution in [0.15, 0.2) is 24.9 Å². The van der Waals surface area contributed by atoms with Gasteiger partial charge in [-0.25, -0.2) is 13.8 Å². The van der Waals surface area contributed by atoms with Crippen molar-refractivity contribution >= 4 is 17.4 Å². The smallest absolute Gasteiger partial charge is 0.280 e. The van der Waals surface area contributed by atoms with Gasteiger partial charge >= 0.3 is 0 Å². The average molecular weight is 612 g/mol. The zero-order valence-electron chi connectivity index (χ0n) is 25.8. The molecule has 238 valence electrons. The summed E-state index contributed by atoms with van der Waals surface area (Å²) in [6.07, 6.45) is 4.45. The number of piperazine rings is 1. The molecule has 7 rings (SSSR count). The highest BCUT2D eigenvalue weighted by Crippen LogP contribution is 2.46. The van der Waals surface area contributed by atoms with Gasteiger partial charge in [0, 0.05) is 82.3 Å². The minimum absolute atomic E-state index is 0.0166. The molecule has 2 aromatic heterocycles. The summed E-state index contributed by atoms with van der Waals surface area (Å²) in [7, 11) is 1.68. The number of amides is 1. The molecule has 44 heavy (non-hydrogen) atoms. The van der Waals surface area contributed by atoms with Gasteiger partial charge in [0.05, 0.1) is 25.0 Å². The highest BCUT2D eigenvalue weighted by Gasteiger charge is 2.48. The van der Waals surface area contributed by atoms with Gasteiger partial charge in [0.15, 0.2) is 0 Å². The van der Waals surface area contributed by atoms with Gasteiger partial charge in [-0.2, -0.15) is 5.10 Å². The van der Waals surface area contributed by atoms with Crippen LogP contribution in [0.2, 0.25) is 0 Å². The number of alkyl halides is 2. The zero-order valence-corrected chi connectivity index (χ0v) is 25.8. The van der Waals surface area contributed by atoms with Crippen LogP contribution in [0.3, 0.4) is 0 Å².